The third kappa shape index (κ3) is 3.92. The number of carbonyl (C=O) groups excluding carboxylic acids is 1. The summed E-state index contributed by atoms with van der Waals surface area (Å²) in [5.41, 5.74) is 0.291. The van der Waals surface area contributed by atoms with Crippen molar-refractivity contribution in [1.82, 2.24) is 0 Å². The van der Waals surface area contributed by atoms with E-state index in [2.05, 4.69) is 5.32 Å². The fraction of sp³-hybridized carbons (Fsp3) is 0.0667. The maximum atomic E-state index is 13.4. The Labute approximate surface area is 138 Å². The number of benzene rings is 2. The molecule has 1 amide bonds. The Morgan fingerprint density at radius 3 is 2.55 bits per heavy atom. The average molecular weight is 414 g/mol. The number of nitrogens with one attached hydrogen (secondary N) is 1. The first-order chi connectivity index (χ1) is 10.5. The number of hydrogen-bond donors (Lipinski definition) is 1. The zero-order chi connectivity index (χ0) is 16.1. The third-order valence-corrected chi connectivity index (χ3v) is 3.66. The van der Waals surface area contributed by atoms with Gasteiger partial charge in [0, 0.05) is 5.69 Å². The van der Waals surface area contributed by atoms with Crippen LogP contribution in [0.15, 0.2) is 36.4 Å². The number of halogens is 3. The number of rotatable bonds is 4. The van der Waals surface area contributed by atoms with Gasteiger partial charge in [-0.25, -0.2) is 8.78 Å². The van der Waals surface area contributed by atoms with Gasteiger partial charge in [0.1, 0.15) is 23.5 Å². The fourth-order valence-electron chi connectivity index (χ4n) is 1.65. The number of nitriles is 1. The van der Waals surface area contributed by atoms with Crippen molar-refractivity contribution < 1.29 is 18.3 Å². The highest BCUT2D eigenvalue weighted by Gasteiger charge is 2.11. The van der Waals surface area contributed by atoms with Gasteiger partial charge in [-0.1, -0.05) is 12.1 Å². The first-order valence-corrected chi connectivity index (χ1v) is 7.15. The van der Waals surface area contributed by atoms with Crippen LogP contribution in [0.5, 0.6) is 5.75 Å². The van der Waals surface area contributed by atoms with Crippen LogP contribution in [-0.2, 0) is 4.79 Å². The summed E-state index contributed by atoms with van der Waals surface area (Å²) in [5, 5.41) is 11.2. The number of amides is 1. The van der Waals surface area contributed by atoms with E-state index in [0.717, 1.165) is 12.1 Å². The summed E-state index contributed by atoms with van der Waals surface area (Å²) in [6, 6.07) is 10.4. The molecular weight excluding hydrogens is 405 g/mol. The van der Waals surface area contributed by atoms with Crippen LogP contribution in [0.3, 0.4) is 0 Å². The summed E-state index contributed by atoms with van der Waals surface area (Å²) in [5.74, 6) is -1.84. The summed E-state index contributed by atoms with van der Waals surface area (Å²) in [6.07, 6.45) is 0. The Kier molecular flexibility index (Phi) is 5.27. The number of nitrogens with zero attached hydrogens (tertiary/aromatic N) is 1. The van der Waals surface area contributed by atoms with Crippen LogP contribution in [0.2, 0.25) is 0 Å². The van der Waals surface area contributed by atoms with Crippen LogP contribution in [-0.4, -0.2) is 12.5 Å². The monoisotopic (exact) mass is 414 g/mol. The summed E-state index contributed by atoms with van der Waals surface area (Å²) < 4.78 is 31.8. The zero-order valence-electron chi connectivity index (χ0n) is 11.1. The van der Waals surface area contributed by atoms with E-state index in [1.165, 1.54) is 22.6 Å². The van der Waals surface area contributed by atoms with Crippen molar-refractivity contribution >= 4 is 34.2 Å². The molecule has 0 saturated carbocycles. The molecule has 0 atom stereocenters. The Hall–Kier alpha value is -2.21. The number of hydrogen-bond acceptors (Lipinski definition) is 3. The van der Waals surface area contributed by atoms with E-state index in [1.807, 2.05) is 6.07 Å². The highest BCUT2D eigenvalue weighted by Crippen LogP contribution is 2.20. The molecule has 0 fully saturated rings. The normalized spacial score (nSPS) is 9.91. The molecule has 112 valence electrons. The van der Waals surface area contributed by atoms with Gasteiger partial charge in [0.15, 0.2) is 6.61 Å². The molecule has 7 heteroatoms. The predicted molar refractivity (Wildman–Crippen MR) is 84.4 cm³/mol. The molecule has 0 aliphatic carbocycles. The van der Waals surface area contributed by atoms with Crippen molar-refractivity contribution in [3.8, 4) is 11.8 Å². The van der Waals surface area contributed by atoms with E-state index >= 15 is 0 Å². The molecule has 0 aliphatic rings. The second kappa shape index (κ2) is 7.17. The van der Waals surface area contributed by atoms with Gasteiger partial charge in [-0.2, -0.15) is 5.26 Å². The molecule has 1 N–H and O–H groups in total. The van der Waals surface area contributed by atoms with Crippen molar-refractivity contribution in [2.45, 2.75) is 0 Å². The van der Waals surface area contributed by atoms with Gasteiger partial charge in [0.2, 0.25) is 0 Å². The van der Waals surface area contributed by atoms with E-state index < -0.39 is 17.5 Å². The Balaban J connectivity index is 2.01. The molecule has 0 aromatic heterocycles. The minimum Gasteiger partial charge on any atom is -0.482 e. The average Bonchev–Trinajstić information content (AvgIpc) is 2.50. The number of anilines is 1. The molecule has 2 aromatic carbocycles. The summed E-state index contributed by atoms with van der Waals surface area (Å²) >= 11 is 1.53. The third-order valence-electron chi connectivity index (χ3n) is 2.63. The Morgan fingerprint density at radius 1 is 1.27 bits per heavy atom. The second-order valence-electron chi connectivity index (χ2n) is 4.20. The van der Waals surface area contributed by atoms with E-state index in [-0.39, 0.29) is 21.6 Å². The molecule has 4 nitrogen and oxygen atoms in total. The quantitative estimate of drug-likeness (QED) is 0.616. The van der Waals surface area contributed by atoms with Crippen LogP contribution in [0.25, 0.3) is 0 Å². The summed E-state index contributed by atoms with van der Waals surface area (Å²) in [7, 11) is 0. The molecular formula is C15H9F2IN2O2. The lowest BCUT2D eigenvalue weighted by molar-refractivity contribution is -0.118. The highest BCUT2D eigenvalue weighted by molar-refractivity contribution is 14.1. The van der Waals surface area contributed by atoms with Gasteiger partial charge in [-0.15, -0.1) is 0 Å². The van der Waals surface area contributed by atoms with Gasteiger partial charge in [0.25, 0.3) is 5.91 Å². The lowest BCUT2D eigenvalue weighted by Crippen LogP contribution is -2.20. The molecule has 2 rings (SSSR count). The van der Waals surface area contributed by atoms with Crippen molar-refractivity contribution in [3.63, 3.8) is 0 Å². The van der Waals surface area contributed by atoms with Crippen LogP contribution in [0.4, 0.5) is 14.5 Å². The molecule has 2 aromatic rings. The largest absolute Gasteiger partial charge is 0.482 e. The SMILES string of the molecule is N#Cc1ccccc1OCC(=O)Nc1cc(F)c(I)c(F)c1. The first kappa shape index (κ1) is 16.2. The fourth-order valence-corrected chi connectivity index (χ4v) is 1.96. The van der Waals surface area contributed by atoms with Gasteiger partial charge >= 0.3 is 0 Å². The number of para-hydroxylation sites is 1. The molecule has 0 spiro atoms. The van der Waals surface area contributed by atoms with Crippen LogP contribution < -0.4 is 10.1 Å². The molecule has 0 unspecified atom stereocenters. The van der Waals surface area contributed by atoms with Gasteiger partial charge < -0.3 is 10.1 Å². The van der Waals surface area contributed by atoms with Crippen molar-refractivity contribution in [2.24, 2.45) is 0 Å². The molecule has 22 heavy (non-hydrogen) atoms. The predicted octanol–water partition coefficient (Wildman–Crippen LogP) is 3.46. The van der Waals surface area contributed by atoms with Crippen LogP contribution >= 0.6 is 22.6 Å². The van der Waals surface area contributed by atoms with E-state index in [9.17, 15) is 13.6 Å². The minimum absolute atomic E-state index is 0.00224. The lowest BCUT2D eigenvalue weighted by atomic mass is 10.2. The number of carbonyl (C=O) groups is 1. The van der Waals surface area contributed by atoms with E-state index in [1.54, 1.807) is 24.3 Å². The Bertz CT molecular complexity index is 736. The second-order valence-corrected chi connectivity index (χ2v) is 5.28. The van der Waals surface area contributed by atoms with Gasteiger partial charge in [-0.05, 0) is 46.9 Å². The summed E-state index contributed by atoms with van der Waals surface area (Å²) in [6.45, 7) is -0.381. The van der Waals surface area contributed by atoms with Crippen molar-refractivity contribution in [2.75, 3.05) is 11.9 Å². The number of ether oxygens (including phenoxy) is 1. The lowest BCUT2D eigenvalue weighted by Gasteiger charge is -2.09. The maximum Gasteiger partial charge on any atom is 0.262 e. The standard InChI is InChI=1S/C15H9F2IN2O2/c16-11-5-10(6-12(17)15(11)18)20-14(21)8-22-13-4-2-1-3-9(13)7-19/h1-6H,8H2,(H,20,21). The minimum atomic E-state index is -0.758. The van der Waals surface area contributed by atoms with Crippen molar-refractivity contribution in [3.05, 3.63) is 57.2 Å². The van der Waals surface area contributed by atoms with Gasteiger partial charge in [0.05, 0.1) is 9.13 Å². The molecule has 0 saturated heterocycles. The topological polar surface area (TPSA) is 62.1 Å². The Morgan fingerprint density at radius 2 is 1.91 bits per heavy atom. The molecule has 0 heterocycles. The first-order valence-electron chi connectivity index (χ1n) is 6.07. The summed E-state index contributed by atoms with van der Waals surface area (Å²) in [4.78, 5) is 11.7. The van der Waals surface area contributed by atoms with Gasteiger partial charge in [-0.3, -0.25) is 4.79 Å². The smallest absolute Gasteiger partial charge is 0.262 e. The molecule has 0 aliphatic heterocycles. The van der Waals surface area contributed by atoms with Crippen molar-refractivity contribution in [1.29, 1.82) is 5.26 Å². The van der Waals surface area contributed by atoms with E-state index in [0.29, 0.717) is 5.56 Å². The van der Waals surface area contributed by atoms with E-state index in [4.69, 9.17) is 10.00 Å². The highest BCUT2D eigenvalue weighted by atomic mass is 127. The molecule has 0 bridgehead atoms. The maximum absolute atomic E-state index is 13.4. The zero-order valence-corrected chi connectivity index (χ0v) is 13.2. The van der Waals surface area contributed by atoms with Crippen LogP contribution in [0.1, 0.15) is 5.56 Å². The molecule has 0 radical (unpaired) electrons. The van der Waals surface area contributed by atoms with Crippen LogP contribution in [0, 0.1) is 26.5 Å².